The lowest BCUT2D eigenvalue weighted by Crippen LogP contribution is -2.27. The van der Waals surface area contributed by atoms with Crippen LogP contribution in [0.25, 0.3) is 0 Å². The lowest BCUT2D eigenvalue weighted by molar-refractivity contribution is 0.303. The molecule has 0 saturated carbocycles. The molecule has 0 amide bonds. The Morgan fingerprint density at radius 1 is 1.33 bits per heavy atom. The largest absolute Gasteiger partial charge is 0.492 e. The van der Waals surface area contributed by atoms with Crippen LogP contribution in [0, 0.1) is 6.92 Å². The molecular formula is C14H21Cl2NO. The molecule has 18 heavy (non-hydrogen) atoms. The minimum atomic E-state index is 0.561. The Morgan fingerprint density at radius 3 is 2.67 bits per heavy atom. The maximum Gasteiger partial charge on any atom is 0.140 e. The van der Waals surface area contributed by atoms with E-state index in [9.17, 15) is 0 Å². The summed E-state index contributed by atoms with van der Waals surface area (Å²) in [5.41, 5.74) is 0.974. The standard InChI is InChI=1S/C14H21Cl2NO/c1-4-11(3)17-6-5-7-18-14-10(2)8-12(15)9-13(14)16/h8-9,11,17H,4-7H2,1-3H3/t11-/m0/s1. The lowest BCUT2D eigenvalue weighted by Gasteiger charge is -2.13. The SMILES string of the molecule is CC[C@H](C)NCCCOc1c(C)cc(Cl)cc1Cl. The summed E-state index contributed by atoms with van der Waals surface area (Å²) in [4.78, 5) is 0. The Kier molecular flexibility index (Phi) is 6.83. The topological polar surface area (TPSA) is 21.3 Å². The molecule has 0 aliphatic rings. The molecule has 0 unspecified atom stereocenters. The highest BCUT2D eigenvalue weighted by Gasteiger charge is 2.07. The van der Waals surface area contributed by atoms with E-state index in [1.54, 1.807) is 6.07 Å². The molecule has 0 spiro atoms. The van der Waals surface area contributed by atoms with Crippen molar-refractivity contribution in [3.63, 3.8) is 0 Å². The molecule has 0 bridgehead atoms. The summed E-state index contributed by atoms with van der Waals surface area (Å²) in [5, 5.41) is 4.64. The van der Waals surface area contributed by atoms with E-state index in [0.29, 0.717) is 22.7 Å². The zero-order valence-electron chi connectivity index (χ0n) is 11.2. The van der Waals surface area contributed by atoms with Crippen molar-refractivity contribution in [1.29, 1.82) is 0 Å². The summed E-state index contributed by atoms with van der Waals surface area (Å²) in [5.74, 6) is 0.740. The molecule has 102 valence electrons. The highest BCUT2D eigenvalue weighted by atomic mass is 35.5. The fourth-order valence-corrected chi connectivity index (χ4v) is 2.26. The van der Waals surface area contributed by atoms with E-state index >= 15 is 0 Å². The number of ether oxygens (including phenoxy) is 1. The highest BCUT2D eigenvalue weighted by Crippen LogP contribution is 2.31. The Balaban J connectivity index is 2.36. The number of benzene rings is 1. The van der Waals surface area contributed by atoms with Gasteiger partial charge in [-0.1, -0.05) is 30.1 Å². The number of halogens is 2. The first-order valence-corrected chi connectivity index (χ1v) is 7.12. The third-order valence-corrected chi connectivity index (χ3v) is 3.37. The van der Waals surface area contributed by atoms with Gasteiger partial charge in [0.1, 0.15) is 5.75 Å². The Morgan fingerprint density at radius 2 is 2.06 bits per heavy atom. The molecule has 2 nitrogen and oxygen atoms in total. The average Bonchev–Trinajstić information content (AvgIpc) is 2.31. The molecule has 1 N–H and O–H groups in total. The molecule has 0 radical (unpaired) electrons. The quantitative estimate of drug-likeness (QED) is 0.749. The molecule has 1 aromatic rings. The van der Waals surface area contributed by atoms with Gasteiger partial charge < -0.3 is 10.1 Å². The molecular weight excluding hydrogens is 269 g/mol. The average molecular weight is 290 g/mol. The monoisotopic (exact) mass is 289 g/mol. The summed E-state index contributed by atoms with van der Waals surface area (Å²) in [6.07, 6.45) is 2.10. The van der Waals surface area contributed by atoms with E-state index in [-0.39, 0.29) is 0 Å². The maximum absolute atomic E-state index is 6.10. The predicted molar refractivity (Wildman–Crippen MR) is 79.1 cm³/mol. The zero-order valence-corrected chi connectivity index (χ0v) is 12.7. The summed E-state index contributed by atoms with van der Waals surface area (Å²) in [6, 6.07) is 4.13. The molecule has 1 rings (SSSR count). The van der Waals surface area contributed by atoms with Crippen LogP contribution in [0.15, 0.2) is 12.1 Å². The highest BCUT2D eigenvalue weighted by molar-refractivity contribution is 6.35. The van der Waals surface area contributed by atoms with Crippen molar-refractivity contribution in [3.05, 3.63) is 27.7 Å². The Bertz CT molecular complexity index is 359. The van der Waals surface area contributed by atoms with Gasteiger partial charge in [0.25, 0.3) is 0 Å². The number of nitrogens with one attached hydrogen (secondary N) is 1. The van der Waals surface area contributed by atoms with Crippen molar-refractivity contribution < 1.29 is 4.74 Å². The first-order valence-electron chi connectivity index (χ1n) is 6.36. The van der Waals surface area contributed by atoms with Gasteiger partial charge in [-0.15, -0.1) is 0 Å². The molecule has 4 heteroatoms. The van der Waals surface area contributed by atoms with E-state index < -0.39 is 0 Å². The van der Waals surface area contributed by atoms with Crippen molar-refractivity contribution >= 4 is 23.2 Å². The maximum atomic E-state index is 6.10. The summed E-state index contributed by atoms with van der Waals surface area (Å²) in [7, 11) is 0. The Hall–Kier alpha value is -0.440. The smallest absolute Gasteiger partial charge is 0.140 e. The number of aryl methyl sites for hydroxylation is 1. The van der Waals surface area contributed by atoms with Crippen molar-refractivity contribution in [2.75, 3.05) is 13.2 Å². The Labute approximate surface area is 120 Å². The first-order chi connectivity index (χ1) is 8.54. The zero-order chi connectivity index (χ0) is 13.5. The van der Waals surface area contributed by atoms with Crippen LogP contribution < -0.4 is 10.1 Å². The second kappa shape index (κ2) is 7.88. The molecule has 0 aromatic heterocycles. The van der Waals surface area contributed by atoms with Crippen molar-refractivity contribution in [3.8, 4) is 5.75 Å². The van der Waals surface area contributed by atoms with Crippen LogP contribution >= 0.6 is 23.2 Å². The van der Waals surface area contributed by atoms with Crippen molar-refractivity contribution in [2.24, 2.45) is 0 Å². The molecule has 0 aliphatic heterocycles. The number of rotatable bonds is 7. The third kappa shape index (κ3) is 5.05. The van der Waals surface area contributed by atoms with Gasteiger partial charge in [-0.25, -0.2) is 0 Å². The molecule has 0 aliphatic carbocycles. The number of hydrogen-bond acceptors (Lipinski definition) is 2. The van der Waals surface area contributed by atoms with Gasteiger partial charge in [-0.3, -0.25) is 0 Å². The van der Waals surface area contributed by atoms with Gasteiger partial charge in [0.2, 0.25) is 0 Å². The number of hydrogen-bond donors (Lipinski definition) is 1. The summed E-state index contributed by atoms with van der Waals surface area (Å²) < 4.78 is 5.71. The van der Waals surface area contributed by atoms with Crippen LogP contribution in [0.2, 0.25) is 10.0 Å². The van der Waals surface area contributed by atoms with E-state index in [2.05, 4.69) is 19.2 Å². The fraction of sp³-hybridized carbons (Fsp3) is 0.571. The molecule has 0 heterocycles. The van der Waals surface area contributed by atoms with Crippen LogP contribution in [-0.4, -0.2) is 19.2 Å². The molecule has 1 aromatic carbocycles. The molecule has 1 atom stereocenters. The van der Waals surface area contributed by atoms with E-state index in [0.717, 1.165) is 30.7 Å². The second-order valence-corrected chi connectivity index (χ2v) is 5.34. The van der Waals surface area contributed by atoms with E-state index in [1.807, 2.05) is 13.0 Å². The normalized spacial score (nSPS) is 12.5. The van der Waals surface area contributed by atoms with Crippen molar-refractivity contribution in [2.45, 2.75) is 39.7 Å². The predicted octanol–water partition coefficient (Wildman–Crippen LogP) is 4.46. The van der Waals surface area contributed by atoms with E-state index in [1.165, 1.54) is 0 Å². The van der Waals surface area contributed by atoms with Crippen LogP contribution in [0.3, 0.4) is 0 Å². The van der Waals surface area contributed by atoms with Crippen LogP contribution in [0.5, 0.6) is 5.75 Å². The van der Waals surface area contributed by atoms with Crippen LogP contribution in [-0.2, 0) is 0 Å². The van der Waals surface area contributed by atoms with Gasteiger partial charge in [0.05, 0.1) is 11.6 Å². The van der Waals surface area contributed by atoms with Gasteiger partial charge in [-0.05, 0) is 50.9 Å². The summed E-state index contributed by atoms with van der Waals surface area (Å²) in [6.45, 7) is 7.92. The first kappa shape index (κ1) is 15.6. The minimum Gasteiger partial charge on any atom is -0.492 e. The van der Waals surface area contributed by atoms with Gasteiger partial charge in [0, 0.05) is 11.1 Å². The van der Waals surface area contributed by atoms with Crippen molar-refractivity contribution in [1.82, 2.24) is 5.32 Å². The molecule has 0 saturated heterocycles. The van der Waals surface area contributed by atoms with E-state index in [4.69, 9.17) is 27.9 Å². The second-order valence-electron chi connectivity index (χ2n) is 4.50. The van der Waals surface area contributed by atoms with Gasteiger partial charge in [-0.2, -0.15) is 0 Å². The minimum absolute atomic E-state index is 0.561. The molecule has 0 fully saturated rings. The van der Waals surface area contributed by atoms with Crippen LogP contribution in [0.1, 0.15) is 32.3 Å². The summed E-state index contributed by atoms with van der Waals surface area (Å²) >= 11 is 12.0. The van der Waals surface area contributed by atoms with Crippen LogP contribution in [0.4, 0.5) is 0 Å². The lowest BCUT2D eigenvalue weighted by atomic mass is 10.2. The third-order valence-electron chi connectivity index (χ3n) is 2.87. The van der Waals surface area contributed by atoms with Gasteiger partial charge in [0.15, 0.2) is 0 Å². The van der Waals surface area contributed by atoms with Gasteiger partial charge >= 0.3 is 0 Å². The fourth-order valence-electron chi connectivity index (χ4n) is 1.61.